The molecule has 0 atom stereocenters. The smallest absolute Gasteiger partial charge is 0.243 e. The zero-order valence-electron chi connectivity index (χ0n) is 4.26. The Morgan fingerprint density at radius 1 is 1.75 bits per heavy atom. The van der Waals surface area contributed by atoms with Crippen molar-refractivity contribution in [3.05, 3.63) is 11.6 Å². The molecule has 3 nitrogen and oxygen atoms in total. The van der Waals surface area contributed by atoms with Gasteiger partial charge in [-0.1, -0.05) is 0 Å². The summed E-state index contributed by atoms with van der Waals surface area (Å²) in [6, 6.07) is 0. The Balaban J connectivity index is 2.26. The van der Waals surface area contributed by atoms with Crippen LogP contribution in [0.15, 0.2) is 0 Å². The van der Waals surface area contributed by atoms with Gasteiger partial charge < -0.3 is 0 Å². The lowest BCUT2D eigenvalue weighted by Crippen LogP contribution is -1.98. The Kier molecular flexibility index (Phi) is 1.17. The topological polar surface area (TPSA) is 30.7 Å². The van der Waals surface area contributed by atoms with Crippen LogP contribution < -0.4 is 0 Å². The summed E-state index contributed by atoms with van der Waals surface area (Å²) in [6.45, 7) is 6.14. The van der Waals surface area contributed by atoms with Crippen molar-refractivity contribution >= 4 is 5.97 Å². The van der Waals surface area contributed by atoms with Crippen LogP contribution in [0.3, 0.4) is 0 Å². The predicted octanol–water partition coefficient (Wildman–Crippen LogP) is 0.774. The molecular weight excluding hydrogens is 106 g/mol. The van der Waals surface area contributed by atoms with Crippen molar-refractivity contribution in [1.29, 1.82) is 0 Å². The van der Waals surface area contributed by atoms with Crippen LogP contribution in [0, 0.1) is 12.5 Å². The molecular formula is C5H5NO2. The normalized spacial score (nSPS) is 16.9. The molecule has 42 valence electrons. The molecule has 8 heavy (non-hydrogen) atoms. The van der Waals surface area contributed by atoms with Crippen LogP contribution in [0.2, 0.25) is 0 Å². The second-order valence-corrected chi connectivity index (χ2v) is 1.78. The summed E-state index contributed by atoms with van der Waals surface area (Å²) in [7, 11) is 0. The number of nitrogens with zero attached hydrogens (tertiary/aromatic N) is 1. The molecule has 1 rings (SSSR count). The van der Waals surface area contributed by atoms with E-state index in [1.54, 1.807) is 0 Å². The SMILES string of the molecule is [C-]#[N+]OC(=O)C1CC1. The molecule has 0 saturated heterocycles. The van der Waals surface area contributed by atoms with Crippen molar-refractivity contribution in [1.82, 2.24) is 0 Å². The van der Waals surface area contributed by atoms with Crippen molar-refractivity contribution in [2.24, 2.45) is 5.92 Å². The molecule has 0 bridgehead atoms. The first kappa shape index (κ1) is 5.10. The fourth-order valence-electron chi connectivity index (χ4n) is 0.439. The highest BCUT2D eigenvalue weighted by Crippen LogP contribution is 2.29. The molecule has 0 N–H and O–H groups in total. The van der Waals surface area contributed by atoms with Gasteiger partial charge in [0.15, 0.2) is 0 Å². The molecule has 0 amide bonds. The van der Waals surface area contributed by atoms with E-state index in [1.165, 1.54) is 0 Å². The van der Waals surface area contributed by atoms with E-state index >= 15 is 0 Å². The average molecular weight is 111 g/mol. The van der Waals surface area contributed by atoms with Crippen LogP contribution >= 0.6 is 0 Å². The van der Waals surface area contributed by atoms with Gasteiger partial charge in [-0.3, -0.25) is 0 Å². The van der Waals surface area contributed by atoms with Crippen LogP contribution in [0.4, 0.5) is 0 Å². The lowest BCUT2D eigenvalue weighted by atomic mass is 10.5. The Bertz CT molecular complexity index is 143. The number of carbonyl (C=O) groups excluding carboxylic acids is 1. The summed E-state index contributed by atoms with van der Waals surface area (Å²) in [5.41, 5.74) is 0. The van der Waals surface area contributed by atoms with Crippen LogP contribution in [0.1, 0.15) is 12.8 Å². The summed E-state index contributed by atoms with van der Waals surface area (Å²) in [6.07, 6.45) is 1.79. The van der Waals surface area contributed by atoms with Crippen molar-refractivity contribution in [3.8, 4) is 0 Å². The molecule has 1 aliphatic carbocycles. The first-order valence-electron chi connectivity index (χ1n) is 2.42. The largest absolute Gasteiger partial charge is 0.398 e. The van der Waals surface area contributed by atoms with Gasteiger partial charge in [0.1, 0.15) is 0 Å². The minimum absolute atomic E-state index is 0.0455. The maximum atomic E-state index is 10.4. The zero-order chi connectivity index (χ0) is 5.98. The van der Waals surface area contributed by atoms with E-state index in [0.29, 0.717) is 0 Å². The summed E-state index contributed by atoms with van der Waals surface area (Å²) in [5, 5.41) is 2.50. The fraction of sp³-hybridized carbons (Fsp3) is 0.600. The second-order valence-electron chi connectivity index (χ2n) is 1.78. The van der Waals surface area contributed by atoms with E-state index in [-0.39, 0.29) is 11.9 Å². The molecule has 3 heteroatoms. The monoisotopic (exact) mass is 111 g/mol. The number of hydrogen-bond acceptors (Lipinski definition) is 2. The third-order valence-corrected chi connectivity index (χ3v) is 1.05. The van der Waals surface area contributed by atoms with E-state index in [9.17, 15) is 4.79 Å². The van der Waals surface area contributed by atoms with Crippen molar-refractivity contribution in [2.75, 3.05) is 0 Å². The Hall–Kier alpha value is -1.04. The molecule has 0 heterocycles. The van der Waals surface area contributed by atoms with E-state index in [0.717, 1.165) is 12.8 Å². The van der Waals surface area contributed by atoms with Crippen molar-refractivity contribution in [2.45, 2.75) is 12.8 Å². The molecule has 1 aliphatic rings. The van der Waals surface area contributed by atoms with E-state index in [1.807, 2.05) is 0 Å². The van der Waals surface area contributed by atoms with E-state index in [2.05, 4.69) is 9.85 Å². The molecule has 0 unspecified atom stereocenters. The van der Waals surface area contributed by atoms with E-state index < -0.39 is 0 Å². The van der Waals surface area contributed by atoms with Crippen molar-refractivity contribution < 1.29 is 9.63 Å². The molecule has 1 saturated carbocycles. The maximum absolute atomic E-state index is 10.4. The predicted molar refractivity (Wildman–Crippen MR) is 25.4 cm³/mol. The zero-order valence-corrected chi connectivity index (χ0v) is 4.26. The molecule has 0 spiro atoms. The summed E-state index contributed by atoms with van der Waals surface area (Å²) in [4.78, 5) is 14.4. The minimum Gasteiger partial charge on any atom is -0.243 e. The maximum Gasteiger partial charge on any atom is 0.398 e. The molecule has 0 aromatic carbocycles. The van der Waals surface area contributed by atoms with E-state index in [4.69, 9.17) is 6.57 Å². The van der Waals surface area contributed by atoms with Gasteiger partial charge in [-0.15, -0.1) is 4.84 Å². The lowest BCUT2D eigenvalue weighted by Gasteiger charge is -1.79. The van der Waals surface area contributed by atoms with Crippen LogP contribution in [-0.4, -0.2) is 5.97 Å². The van der Waals surface area contributed by atoms with Crippen molar-refractivity contribution in [3.63, 3.8) is 0 Å². The van der Waals surface area contributed by atoms with Gasteiger partial charge in [-0.05, 0) is 17.8 Å². The number of hydrogen-bond donors (Lipinski definition) is 0. The highest BCUT2D eigenvalue weighted by Gasteiger charge is 2.33. The molecule has 0 radical (unpaired) electrons. The molecule has 0 aromatic rings. The first-order chi connectivity index (χ1) is 3.84. The van der Waals surface area contributed by atoms with Gasteiger partial charge in [-0.25, -0.2) is 4.79 Å². The van der Waals surface area contributed by atoms with Crippen LogP contribution in [-0.2, 0) is 9.63 Å². The third kappa shape index (κ3) is 0.969. The highest BCUT2D eigenvalue weighted by atomic mass is 16.7. The molecule has 0 aliphatic heterocycles. The molecule has 0 aromatic heterocycles. The summed E-state index contributed by atoms with van der Waals surface area (Å²) in [5.74, 6) is -0.316. The Labute approximate surface area is 47.0 Å². The van der Waals surface area contributed by atoms with Crippen LogP contribution in [0.5, 0.6) is 0 Å². The average Bonchev–Trinajstić information content (AvgIpc) is 2.45. The van der Waals surface area contributed by atoms with Gasteiger partial charge in [0, 0.05) is 0 Å². The molecule has 1 fully saturated rings. The minimum atomic E-state index is -0.361. The Morgan fingerprint density at radius 3 is 2.75 bits per heavy atom. The van der Waals surface area contributed by atoms with Gasteiger partial charge >= 0.3 is 5.97 Å². The van der Waals surface area contributed by atoms with Gasteiger partial charge in [-0.2, -0.15) is 6.57 Å². The standard InChI is InChI=1S/C5H5NO2/c1-6-8-5(7)4-2-3-4/h4H,2-3H2. The quantitative estimate of drug-likeness (QED) is 0.369. The Morgan fingerprint density at radius 2 is 2.38 bits per heavy atom. The third-order valence-electron chi connectivity index (χ3n) is 1.05. The highest BCUT2D eigenvalue weighted by molar-refractivity contribution is 5.75. The van der Waals surface area contributed by atoms with Crippen LogP contribution in [0.25, 0.3) is 5.01 Å². The fourth-order valence-corrected chi connectivity index (χ4v) is 0.439. The first-order valence-corrected chi connectivity index (χ1v) is 2.42. The number of rotatable bonds is 1. The number of carbonyl (C=O) groups is 1. The second kappa shape index (κ2) is 1.83. The van der Waals surface area contributed by atoms with Gasteiger partial charge in [0.25, 0.3) is 0 Å². The van der Waals surface area contributed by atoms with Gasteiger partial charge in [0.2, 0.25) is 0 Å². The summed E-state index contributed by atoms with van der Waals surface area (Å²) >= 11 is 0. The lowest BCUT2D eigenvalue weighted by molar-refractivity contribution is -0.139. The van der Waals surface area contributed by atoms with Gasteiger partial charge in [0.05, 0.1) is 5.92 Å². The summed E-state index contributed by atoms with van der Waals surface area (Å²) < 4.78 is 0.